The quantitative estimate of drug-likeness (QED) is 0.0506. The fraction of sp³-hybridized carbons (Fsp3) is 0.464. The molecule has 13 heteroatoms. The number of nitrogens with zero attached hydrogens (tertiary/aromatic N) is 1. The molecule has 4 aromatic rings. The third-order valence-electron chi connectivity index (χ3n) is 14.7. The van der Waals surface area contributed by atoms with E-state index in [9.17, 15) is 14.4 Å². The summed E-state index contributed by atoms with van der Waals surface area (Å²) in [5.74, 6) is -1.62. The fourth-order valence-electron chi connectivity index (χ4n) is 8.34. The standard InChI is InChI=1S/C56H75N3O7SeSi2/c1-15-32-63-54(62)48(35-67-38-24-18-17-19-25-38)59-52(60)49(36(3)16-2)57-46-31-30-43-44(37(4)65-68(11,12)55(5,6)7)33-47(58-50(43)51(46)66-69(13,14)56(8,9)10)53(61)64-34-45-41-28-22-20-26-39(41)40-27-21-23-29-42(40)45/h15,17-31,33,36-37,45-46,48-49,51,57H,1,16,32,34-35H2,2-14H3,(H,59,60)/t36-,37-,46+,48-,49-,51-/m0/s1. The zero-order valence-corrected chi connectivity index (χ0v) is 46.8. The van der Waals surface area contributed by atoms with Gasteiger partial charge in [0.1, 0.15) is 6.61 Å². The van der Waals surface area contributed by atoms with Crippen molar-refractivity contribution in [2.45, 2.75) is 147 Å². The van der Waals surface area contributed by atoms with Gasteiger partial charge in [-0.2, -0.15) is 0 Å². The van der Waals surface area contributed by atoms with E-state index in [0.717, 1.165) is 37.8 Å². The Hall–Kier alpha value is -4.47. The summed E-state index contributed by atoms with van der Waals surface area (Å²) in [5.41, 5.74) is 6.96. The minimum atomic E-state index is -2.59. The van der Waals surface area contributed by atoms with Gasteiger partial charge in [-0.15, -0.1) is 0 Å². The Balaban J connectivity index is 1.40. The number of ether oxygens (including phenoxy) is 2. The van der Waals surface area contributed by atoms with E-state index in [1.165, 1.54) is 6.08 Å². The van der Waals surface area contributed by atoms with Gasteiger partial charge in [0.25, 0.3) is 0 Å². The first kappa shape index (κ1) is 53.9. The normalized spacial score (nSPS) is 17.7. The van der Waals surface area contributed by atoms with Crippen molar-refractivity contribution in [2.24, 2.45) is 5.92 Å². The number of carbonyl (C=O) groups excluding carboxylic acids is 3. The molecule has 3 aromatic carbocycles. The summed E-state index contributed by atoms with van der Waals surface area (Å²) in [7, 11) is -4.91. The van der Waals surface area contributed by atoms with Crippen LogP contribution >= 0.6 is 0 Å². The number of hydrogen-bond donors (Lipinski definition) is 2. The van der Waals surface area contributed by atoms with Crippen molar-refractivity contribution in [2.75, 3.05) is 13.2 Å². The van der Waals surface area contributed by atoms with Crippen molar-refractivity contribution in [3.05, 3.63) is 137 Å². The molecule has 0 aliphatic heterocycles. The maximum absolute atomic E-state index is 14.7. The molecule has 0 spiro atoms. The number of esters is 2. The SMILES string of the molecule is C=CCOC(=O)[C@H](C[Se]c1ccccc1)NC(=O)[C@@H](N[C@@H]1C=Cc2c([C@H](C)O[Si](C)(C)C(C)(C)C)cc(C(=O)OCC3c4ccccc4-c4ccccc43)nc2[C@H]1O[Si](C)(C)C(C)(C)C)[C@@H](C)CC. The van der Waals surface area contributed by atoms with Crippen LogP contribution in [0.1, 0.15) is 125 Å². The molecule has 0 unspecified atom stereocenters. The molecule has 0 radical (unpaired) electrons. The van der Waals surface area contributed by atoms with Crippen molar-refractivity contribution in [3.8, 4) is 11.1 Å². The van der Waals surface area contributed by atoms with Gasteiger partial charge in [-0.05, 0) is 47.3 Å². The Bertz CT molecular complexity index is 2450. The van der Waals surface area contributed by atoms with Crippen LogP contribution in [0.15, 0.2) is 104 Å². The van der Waals surface area contributed by atoms with Gasteiger partial charge < -0.3 is 9.16 Å². The fourth-order valence-corrected chi connectivity index (χ4v) is 12.9. The molecule has 10 nitrogen and oxygen atoms in total. The van der Waals surface area contributed by atoms with Crippen molar-refractivity contribution in [1.29, 1.82) is 0 Å². The Labute approximate surface area is 420 Å². The molecule has 0 bridgehead atoms. The van der Waals surface area contributed by atoms with Gasteiger partial charge >= 0.3 is 271 Å². The Morgan fingerprint density at radius 3 is 2.01 bits per heavy atom. The monoisotopic (exact) mass is 1040 g/mol. The van der Waals surface area contributed by atoms with Crippen LogP contribution in [-0.2, 0) is 27.9 Å². The third-order valence-corrected chi connectivity index (χ3v) is 26.0. The van der Waals surface area contributed by atoms with Gasteiger partial charge in [0.05, 0.1) is 0 Å². The number of rotatable bonds is 20. The van der Waals surface area contributed by atoms with E-state index >= 15 is 0 Å². The van der Waals surface area contributed by atoms with Crippen molar-refractivity contribution < 1.29 is 32.7 Å². The van der Waals surface area contributed by atoms with E-state index in [1.807, 2.05) is 73.7 Å². The van der Waals surface area contributed by atoms with Crippen LogP contribution in [0.3, 0.4) is 0 Å². The van der Waals surface area contributed by atoms with Crippen LogP contribution in [0.2, 0.25) is 41.6 Å². The van der Waals surface area contributed by atoms with Crippen molar-refractivity contribution in [3.63, 3.8) is 0 Å². The third kappa shape index (κ3) is 12.5. The number of fused-ring (bicyclic) bond motifs is 4. The molecule has 1 amide bonds. The zero-order valence-electron chi connectivity index (χ0n) is 43.1. The molecule has 6 rings (SSSR count). The molecule has 370 valence electrons. The molecule has 69 heavy (non-hydrogen) atoms. The zero-order chi connectivity index (χ0) is 50.5. The van der Waals surface area contributed by atoms with Gasteiger partial charge in [-0.1, -0.05) is 69.3 Å². The van der Waals surface area contributed by atoms with Crippen molar-refractivity contribution >= 4 is 60.0 Å². The molecule has 1 heterocycles. The predicted molar refractivity (Wildman–Crippen MR) is 285 cm³/mol. The number of hydrogen-bond acceptors (Lipinski definition) is 9. The van der Waals surface area contributed by atoms with Gasteiger partial charge in [-0.25, -0.2) is 4.79 Å². The molecule has 2 aliphatic rings. The number of pyridine rings is 1. The molecule has 1 aromatic heterocycles. The van der Waals surface area contributed by atoms with E-state index in [2.05, 4.69) is 129 Å². The van der Waals surface area contributed by atoms with E-state index in [-0.39, 0.29) is 61.7 Å². The van der Waals surface area contributed by atoms with Crippen molar-refractivity contribution in [1.82, 2.24) is 15.6 Å². The molecular weight excluding hydrogens is 962 g/mol. The Kier molecular flexibility index (Phi) is 17.4. The summed E-state index contributed by atoms with van der Waals surface area (Å²) < 4.78 is 27.5. The van der Waals surface area contributed by atoms with Crippen LogP contribution in [0.4, 0.5) is 0 Å². The molecule has 2 N–H and O–H groups in total. The number of aromatic nitrogens is 1. The van der Waals surface area contributed by atoms with Crippen LogP contribution in [0, 0.1) is 5.92 Å². The van der Waals surface area contributed by atoms with E-state index in [4.69, 9.17) is 23.3 Å². The topological polar surface area (TPSA) is 125 Å². The minimum absolute atomic E-state index is 0.0435. The summed E-state index contributed by atoms with van der Waals surface area (Å²) >= 11 is -0.108. The maximum atomic E-state index is 14.7. The summed E-state index contributed by atoms with van der Waals surface area (Å²) in [6.45, 7) is 32.1. The first-order valence-electron chi connectivity index (χ1n) is 24.4. The second-order valence-electron chi connectivity index (χ2n) is 21.6. The second kappa shape index (κ2) is 22.3. The molecule has 0 saturated carbocycles. The molecule has 0 saturated heterocycles. The van der Waals surface area contributed by atoms with E-state index in [1.54, 1.807) is 0 Å². The van der Waals surface area contributed by atoms with Crippen LogP contribution in [0.25, 0.3) is 17.2 Å². The average Bonchev–Trinajstić information content (AvgIpc) is 3.62. The van der Waals surface area contributed by atoms with E-state index < -0.39 is 58.9 Å². The number of nitrogens with one attached hydrogen (secondary N) is 2. The van der Waals surface area contributed by atoms with Gasteiger partial charge in [0.15, 0.2) is 8.32 Å². The molecule has 6 atom stereocenters. The van der Waals surface area contributed by atoms with Crippen LogP contribution in [0.5, 0.6) is 0 Å². The first-order valence-corrected chi connectivity index (χ1v) is 32.3. The van der Waals surface area contributed by atoms with Gasteiger partial charge in [-0.3, -0.25) is 0 Å². The summed E-state index contributed by atoms with van der Waals surface area (Å²) in [6.07, 6.45) is 5.20. The summed E-state index contributed by atoms with van der Waals surface area (Å²) in [6, 6.07) is 26.3. The summed E-state index contributed by atoms with van der Waals surface area (Å²) in [5, 5.41) is 6.97. The van der Waals surface area contributed by atoms with Crippen LogP contribution < -0.4 is 15.1 Å². The first-order chi connectivity index (χ1) is 32.5. The van der Waals surface area contributed by atoms with Crippen LogP contribution in [-0.4, -0.2) is 85.8 Å². The molecular formula is C56H75N3O7SeSi2. The molecule has 2 aliphatic carbocycles. The average molecular weight is 1040 g/mol. The number of amides is 1. The Morgan fingerprint density at radius 2 is 1.43 bits per heavy atom. The predicted octanol–water partition coefficient (Wildman–Crippen LogP) is 11.3. The van der Waals surface area contributed by atoms with Gasteiger partial charge in [0, 0.05) is 5.92 Å². The second-order valence-corrected chi connectivity index (χ2v) is 33.4. The number of benzene rings is 3. The van der Waals surface area contributed by atoms with Gasteiger partial charge in [0.2, 0.25) is 0 Å². The summed E-state index contributed by atoms with van der Waals surface area (Å²) in [4.78, 5) is 48.1. The number of carbonyl (C=O) groups is 3. The van der Waals surface area contributed by atoms with E-state index in [0.29, 0.717) is 17.4 Å². The molecule has 0 fully saturated rings. The Morgan fingerprint density at radius 1 is 0.841 bits per heavy atom.